The predicted octanol–water partition coefficient (Wildman–Crippen LogP) is 7.51. The van der Waals surface area contributed by atoms with E-state index in [-0.39, 0.29) is 65.2 Å². The molecule has 0 bridgehead atoms. The van der Waals surface area contributed by atoms with Gasteiger partial charge in [-0.25, -0.2) is 4.98 Å². The Hall–Kier alpha value is -2.20. The average molecular weight is 614 g/mol. The second-order valence-corrected chi connectivity index (χ2v) is 14.2. The summed E-state index contributed by atoms with van der Waals surface area (Å²) in [5.74, 6) is 0.00244. The van der Waals surface area contributed by atoms with Crippen molar-refractivity contribution in [3.8, 4) is 34.0 Å². The maximum Gasteiger partial charge on any atom is 0.0703 e. The molecular weight excluding hydrogens is 570 g/mol. The van der Waals surface area contributed by atoms with Crippen molar-refractivity contribution in [2.45, 2.75) is 105 Å². The Kier molecular flexibility index (Phi) is 11.4. The van der Waals surface area contributed by atoms with Crippen LogP contribution in [0.4, 0.5) is 0 Å². The molecule has 0 aliphatic heterocycles. The van der Waals surface area contributed by atoms with E-state index < -0.39 is 0 Å². The molecule has 216 valence electrons. The van der Waals surface area contributed by atoms with E-state index in [1.807, 2.05) is 42.5 Å². The molecule has 0 saturated carbocycles. The van der Waals surface area contributed by atoms with Crippen LogP contribution in [0.3, 0.4) is 0 Å². The first-order chi connectivity index (χ1) is 16.2. The van der Waals surface area contributed by atoms with Crippen LogP contribution in [0.1, 0.15) is 105 Å². The van der Waals surface area contributed by atoms with Gasteiger partial charge in [0.15, 0.2) is 0 Å². The Balaban J connectivity index is 0.00000481. The van der Waals surface area contributed by atoms with Crippen LogP contribution in [0.2, 0.25) is 0 Å². The summed E-state index contributed by atoms with van der Waals surface area (Å²) in [5, 5.41) is 27.4. The second-order valence-electron chi connectivity index (χ2n) is 14.2. The fourth-order valence-electron chi connectivity index (χ4n) is 4.35. The van der Waals surface area contributed by atoms with E-state index in [2.05, 4.69) is 83.1 Å². The fourth-order valence-corrected chi connectivity index (χ4v) is 4.35. The van der Waals surface area contributed by atoms with Gasteiger partial charge in [-0.3, -0.25) is 0 Å². The molecule has 1 aromatic heterocycles. The SMILES string of the molecule is CC(C)(C)c1cc(-c2cccc(-c3cc(C(C)(C)C)cc(C(C)(C)C)c3[O-])n2)c([O-])c(C(C)(C)C)c1.[Mo].[O-2].[O-2]. The number of hydrogen-bond acceptors (Lipinski definition) is 3. The van der Waals surface area contributed by atoms with Crippen LogP contribution in [-0.2, 0) is 53.7 Å². The third-order valence-corrected chi connectivity index (χ3v) is 6.83. The first-order valence-corrected chi connectivity index (χ1v) is 12.9. The summed E-state index contributed by atoms with van der Waals surface area (Å²) in [7, 11) is 0. The number of hydrogen-bond donors (Lipinski definition) is 0. The van der Waals surface area contributed by atoms with Crippen molar-refractivity contribution < 1.29 is 42.2 Å². The number of aromatic nitrogens is 1. The number of rotatable bonds is 2. The quantitative estimate of drug-likeness (QED) is 0.279. The van der Waals surface area contributed by atoms with Crippen LogP contribution in [0, 0.1) is 0 Å². The first kappa shape index (κ1) is 36.8. The smallest absolute Gasteiger partial charge is 0.0703 e. The van der Waals surface area contributed by atoms with Crippen LogP contribution >= 0.6 is 0 Å². The van der Waals surface area contributed by atoms with Gasteiger partial charge < -0.3 is 21.2 Å². The third-order valence-electron chi connectivity index (χ3n) is 6.83. The monoisotopic (exact) mass is 615 g/mol. The van der Waals surface area contributed by atoms with E-state index in [0.717, 1.165) is 22.3 Å². The molecule has 0 N–H and O–H groups in total. The van der Waals surface area contributed by atoms with Gasteiger partial charge in [-0.05, 0) is 79.3 Å². The van der Waals surface area contributed by atoms with Gasteiger partial charge in [0.05, 0.1) is 11.4 Å². The van der Waals surface area contributed by atoms with Crippen molar-refractivity contribution in [3.05, 3.63) is 64.7 Å². The molecule has 0 spiro atoms. The summed E-state index contributed by atoms with van der Waals surface area (Å²) in [6.07, 6.45) is 0. The maximum absolute atomic E-state index is 13.7. The van der Waals surface area contributed by atoms with E-state index >= 15 is 0 Å². The van der Waals surface area contributed by atoms with Crippen molar-refractivity contribution in [1.29, 1.82) is 0 Å². The Morgan fingerprint density at radius 1 is 0.513 bits per heavy atom. The summed E-state index contributed by atoms with van der Waals surface area (Å²) in [6, 6.07) is 13.7. The Bertz CT molecular complexity index is 1190. The van der Waals surface area contributed by atoms with Gasteiger partial charge in [0.25, 0.3) is 0 Å². The normalized spacial score (nSPS) is 12.2. The molecule has 3 aromatic rings. The van der Waals surface area contributed by atoms with E-state index in [1.165, 1.54) is 0 Å². The summed E-state index contributed by atoms with van der Waals surface area (Å²) in [4.78, 5) is 4.93. The molecule has 0 unspecified atom stereocenters. The molecule has 0 radical (unpaired) electrons. The van der Waals surface area contributed by atoms with Crippen molar-refractivity contribution in [1.82, 2.24) is 4.98 Å². The van der Waals surface area contributed by atoms with Gasteiger partial charge >= 0.3 is 0 Å². The van der Waals surface area contributed by atoms with Gasteiger partial charge in [-0.15, -0.1) is 0 Å². The van der Waals surface area contributed by atoms with Crippen LogP contribution in [0.5, 0.6) is 11.5 Å². The molecule has 1 heterocycles. The molecule has 6 heteroatoms. The molecular formula is C33H43MoNO4-6. The molecule has 0 aliphatic carbocycles. The molecule has 3 rings (SSSR count). The summed E-state index contributed by atoms with van der Waals surface area (Å²) < 4.78 is 0. The number of benzene rings is 2. The minimum atomic E-state index is -0.296. The van der Waals surface area contributed by atoms with Crippen molar-refractivity contribution in [2.24, 2.45) is 0 Å². The summed E-state index contributed by atoms with van der Waals surface area (Å²) in [6.45, 7) is 25.3. The number of pyridine rings is 1. The van der Waals surface area contributed by atoms with Gasteiger partial charge in [0, 0.05) is 21.1 Å². The minimum absolute atomic E-state index is 0. The zero-order valence-electron chi connectivity index (χ0n) is 25.5. The molecule has 5 nitrogen and oxygen atoms in total. The van der Waals surface area contributed by atoms with Crippen molar-refractivity contribution >= 4 is 0 Å². The average Bonchev–Trinajstić information content (AvgIpc) is 2.70. The summed E-state index contributed by atoms with van der Waals surface area (Å²) >= 11 is 0. The zero-order chi connectivity index (χ0) is 27.4. The van der Waals surface area contributed by atoms with E-state index in [9.17, 15) is 10.2 Å². The standard InChI is InChI=1S/C33H45NO2.Mo.2O/c1-30(2,3)20-16-22(28(35)24(18-20)32(7,8)9)26-14-13-15-27(34-26)23-17-21(31(4,5)6)19-25(29(23)36)33(10,11)12;;;/h13-19,35-36H,1-12H3;;;/q;;2*-2/p-2. The van der Waals surface area contributed by atoms with Crippen molar-refractivity contribution in [2.75, 3.05) is 0 Å². The first-order valence-electron chi connectivity index (χ1n) is 12.9. The van der Waals surface area contributed by atoms with E-state index in [4.69, 9.17) is 4.98 Å². The zero-order valence-corrected chi connectivity index (χ0v) is 27.5. The van der Waals surface area contributed by atoms with Crippen LogP contribution in [-0.4, -0.2) is 4.98 Å². The predicted molar refractivity (Wildman–Crippen MR) is 150 cm³/mol. The molecule has 0 aliphatic rings. The second kappa shape index (κ2) is 12.1. The van der Waals surface area contributed by atoms with Crippen molar-refractivity contribution in [3.63, 3.8) is 0 Å². The Morgan fingerprint density at radius 2 is 0.821 bits per heavy atom. The molecule has 0 atom stereocenters. The molecule has 0 amide bonds. The van der Waals surface area contributed by atoms with Gasteiger partial charge in [0.2, 0.25) is 0 Å². The molecule has 2 aromatic carbocycles. The van der Waals surface area contributed by atoms with E-state index in [0.29, 0.717) is 22.5 Å². The topological polar surface area (TPSA) is 116 Å². The molecule has 39 heavy (non-hydrogen) atoms. The van der Waals surface area contributed by atoms with Crippen LogP contribution < -0.4 is 10.2 Å². The van der Waals surface area contributed by atoms with Gasteiger partial charge in [0.1, 0.15) is 0 Å². The third kappa shape index (κ3) is 7.93. The Labute approximate surface area is 250 Å². The van der Waals surface area contributed by atoms with Gasteiger partial charge in [-0.1, -0.05) is 113 Å². The maximum atomic E-state index is 13.7. The fraction of sp³-hybridized carbons (Fsp3) is 0.485. The Morgan fingerprint density at radius 3 is 1.08 bits per heavy atom. The molecule has 0 saturated heterocycles. The summed E-state index contributed by atoms with van der Waals surface area (Å²) in [5.41, 5.74) is 5.32. The minimum Gasteiger partial charge on any atom is -2.00 e. The largest absolute Gasteiger partial charge is 2.00 e. The van der Waals surface area contributed by atoms with Gasteiger partial charge in [-0.2, -0.15) is 0 Å². The molecule has 0 fully saturated rings. The number of nitrogens with zero attached hydrogens (tertiary/aromatic N) is 1. The van der Waals surface area contributed by atoms with Crippen LogP contribution in [0.25, 0.3) is 22.5 Å². The van der Waals surface area contributed by atoms with E-state index in [1.54, 1.807) is 0 Å². The van der Waals surface area contributed by atoms with Crippen LogP contribution in [0.15, 0.2) is 42.5 Å².